The van der Waals surface area contributed by atoms with Crippen LogP contribution in [0.5, 0.6) is 23.0 Å². The quantitative estimate of drug-likeness (QED) is 0.0654. The van der Waals surface area contributed by atoms with E-state index in [0.29, 0.717) is 13.2 Å². The van der Waals surface area contributed by atoms with Crippen molar-refractivity contribution in [2.24, 2.45) is 0 Å². The normalized spacial score (nSPS) is 10.8. The molecule has 12 rings (SSSR count). The molecule has 0 unspecified atom stereocenters. The van der Waals surface area contributed by atoms with E-state index in [9.17, 15) is 10.2 Å². The Bertz CT molecular complexity index is 3300. The Balaban J connectivity index is 0.000000341. The average molecular weight is 1100 g/mol. The van der Waals surface area contributed by atoms with Gasteiger partial charge in [-0.25, -0.2) is 0 Å². The zero-order chi connectivity index (χ0) is 46.4. The molecule has 9 heteroatoms. The van der Waals surface area contributed by atoms with Crippen LogP contribution >= 0.6 is 22.7 Å². The smallest absolute Gasteiger partial charge is 0.263 e. The number of para-hydroxylation sites is 6. The monoisotopic (exact) mass is 1100 g/mol. The maximum absolute atomic E-state index is 11.8. The fourth-order valence-corrected chi connectivity index (χ4v) is 10.6. The van der Waals surface area contributed by atoms with Gasteiger partial charge in [0.15, 0.2) is 11.5 Å². The van der Waals surface area contributed by atoms with Crippen molar-refractivity contribution in [2.45, 2.75) is 0 Å². The number of thiophene rings is 2. The van der Waals surface area contributed by atoms with Crippen molar-refractivity contribution in [3.63, 3.8) is 0 Å². The molecule has 0 spiro atoms. The first-order valence-corrected chi connectivity index (χ1v) is 24.1. The molecule has 6 nitrogen and oxygen atoms in total. The molecule has 0 fully saturated rings. The van der Waals surface area contributed by atoms with E-state index in [-0.39, 0.29) is 37.3 Å². The number of fused-ring (bicyclic) bond motifs is 6. The van der Waals surface area contributed by atoms with Crippen LogP contribution < -0.4 is 0 Å². The van der Waals surface area contributed by atoms with Gasteiger partial charge in [0.1, 0.15) is 0 Å². The van der Waals surface area contributed by atoms with Crippen molar-refractivity contribution in [1.29, 1.82) is 0 Å². The van der Waals surface area contributed by atoms with E-state index in [2.05, 4.69) is 95.8 Å². The fourth-order valence-electron chi connectivity index (χ4n) is 8.65. The van der Waals surface area contributed by atoms with Gasteiger partial charge in [-0.1, -0.05) is 109 Å². The second-order valence-corrected chi connectivity index (χ2v) is 17.9. The van der Waals surface area contributed by atoms with Gasteiger partial charge in [0.2, 0.25) is 0 Å². The summed E-state index contributed by atoms with van der Waals surface area (Å²) in [5, 5.41) is 32.2. The van der Waals surface area contributed by atoms with E-state index in [1.54, 1.807) is 0 Å². The number of nitrogens with zero attached hydrogens (tertiary/aromatic N) is 2. The predicted molar refractivity (Wildman–Crippen MR) is 286 cm³/mol. The van der Waals surface area contributed by atoms with Crippen LogP contribution in [0, 0.1) is 13.8 Å². The van der Waals surface area contributed by atoms with E-state index in [1.165, 1.54) is 22.7 Å². The number of benzene rings is 8. The zero-order valence-electron chi connectivity index (χ0n) is 37.6. The largest absolute Gasteiger partial charge is 0.576 e. The number of hydrogen-bond donors (Lipinski definition) is 2. The first-order chi connectivity index (χ1) is 33.5. The molecule has 0 saturated heterocycles. The van der Waals surface area contributed by atoms with Gasteiger partial charge >= 0.3 is 0 Å². The molecule has 4 heterocycles. The van der Waals surface area contributed by atoms with Crippen LogP contribution in [0.25, 0.3) is 75.9 Å². The maximum atomic E-state index is 11.8. The van der Waals surface area contributed by atoms with Crippen LogP contribution in [0.4, 0.5) is 0 Å². The van der Waals surface area contributed by atoms with Crippen LogP contribution in [-0.4, -0.2) is 42.0 Å². The molecule has 12 aromatic rings. The summed E-state index contributed by atoms with van der Waals surface area (Å²) in [6.07, 6.45) is 0. The third kappa shape index (κ3) is 9.54. The van der Waals surface area contributed by atoms with E-state index in [4.69, 9.17) is 9.47 Å². The number of rotatable bonds is 9. The topological polar surface area (TPSA) is 75.9 Å². The third-order valence-electron chi connectivity index (χ3n) is 11.8. The number of aliphatic hydroxyl groups is 2. The minimum Gasteiger partial charge on any atom is -0.576 e. The summed E-state index contributed by atoms with van der Waals surface area (Å²) in [5.74, 6) is 2.09. The molecule has 4 aromatic heterocycles. The van der Waals surface area contributed by atoms with Crippen molar-refractivity contribution in [2.75, 3.05) is 13.2 Å². The Morgan fingerprint density at radius 1 is 0.377 bits per heavy atom. The van der Waals surface area contributed by atoms with Crippen molar-refractivity contribution in [3.8, 4) is 55.3 Å². The van der Waals surface area contributed by atoms with Crippen LogP contribution in [-0.2, 0) is 25.8 Å². The Hall–Kier alpha value is -7.43. The van der Waals surface area contributed by atoms with Gasteiger partial charge in [0, 0.05) is 70.3 Å². The van der Waals surface area contributed by atoms with Crippen molar-refractivity contribution in [1.82, 2.24) is 9.13 Å². The summed E-state index contributed by atoms with van der Waals surface area (Å²) in [7, 11) is 0. The van der Waals surface area contributed by atoms with E-state index in [0.717, 1.165) is 98.5 Å². The Labute approximate surface area is 428 Å². The average Bonchev–Trinajstić information content (AvgIpc) is 4.14. The number of hydrogen-bond acceptors (Lipinski definition) is 4. The summed E-state index contributed by atoms with van der Waals surface area (Å²) in [4.78, 5) is 1.56. The minimum atomic E-state index is 0. The number of ether oxygens (including phenoxy) is 2. The molecule has 0 aliphatic carbocycles. The summed E-state index contributed by atoms with van der Waals surface area (Å²) in [5.41, 5.74) is 9.63. The molecule has 0 radical (unpaired) electrons. The van der Waals surface area contributed by atoms with Gasteiger partial charge in [-0.15, -0.1) is 46.9 Å². The third-order valence-corrected chi connectivity index (χ3v) is 13.8. The van der Waals surface area contributed by atoms with Crippen molar-refractivity contribution >= 4 is 66.3 Å². The van der Waals surface area contributed by atoms with E-state index in [1.807, 2.05) is 144 Å². The molecule has 8 aromatic carbocycles. The SMILES string of the molecule is Oc1c(-n2c3ccccc3c3ccccc32)csc1-c1ccccc1[OH+]CC[OH+]c1ccccc1-c1scc(-n2c3ccccc3c3ccccc32)c1O.[CH2-]c1ccccc1.[CH2-]c1ccccc1.[Hf]. The Morgan fingerprint density at radius 2 is 0.667 bits per heavy atom. The standard InChI is InChI=1S/C46H32N2O4S2.2C7H7.Hf/c49-43-39(47-35-19-7-1-13-29(35)30-14-2-8-20-36(30)47)27-53-45(43)33-17-5-11-23-41(33)51-25-26-52-42-24-12-6-18-34(42)46-44(50)40(28-54-46)48-37-21-9-3-15-31(37)32-16-4-10-22-38(32)48;2*1-7-5-3-2-4-6-7;/h1-24,27-28,49-50H,25-26H2;2*2-6H,1H2;/q;2*-1;/p+2. The summed E-state index contributed by atoms with van der Waals surface area (Å²) in [6, 6.07) is 68.9. The molecule has 0 aliphatic rings. The fraction of sp³-hybridized carbons (Fsp3) is 0.0333. The van der Waals surface area contributed by atoms with Gasteiger partial charge in [-0.05, 0) is 36.4 Å². The summed E-state index contributed by atoms with van der Waals surface area (Å²) in [6.45, 7) is 8.36. The van der Waals surface area contributed by atoms with E-state index < -0.39 is 0 Å². The molecule has 0 amide bonds. The predicted octanol–water partition coefficient (Wildman–Crippen LogP) is 15.7. The van der Waals surface area contributed by atoms with Gasteiger partial charge in [0.25, 0.3) is 24.7 Å². The van der Waals surface area contributed by atoms with Gasteiger partial charge in [-0.2, -0.15) is 49.2 Å². The van der Waals surface area contributed by atoms with Crippen LogP contribution in [0.3, 0.4) is 0 Å². The van der Waals surface area contributed by atoms with Crippen LogP contribution in [0.2, 0.25) is 0 Å². The molecular weight excluding hydrogens is 1060 g/mol. The molecule has 0 atom stereocenters. The second-order valence-electron chi connectivity index (χ2n) is 16.1. The summed E-state index contributed by atoms with van der Waals surface area (Å²) < 4.78 is 14.2. The van der Waals surface area contributed by atoms with Crippen molar-refractivity contribution < 1.29 is 45.5 Å². The van der Waals surface area contributed by atoms with Crippen LogP contribution in [0.15, 0.2) is 217 Å². The second kappa shape index (κ2) is 21.3. The first kappa shape index (κ1) is 46.7. The number of aromatic nitrogens is 2. The number of aromatic hydroxyl groups is 4. The van der Waals surface area contributed by atoms with Crippen molar-refractivity contribution in [3.05, 3.63) is 242 Å². The Morgan fingerprint density at radius 3 is 0.986 bits per heavy atom. The molecule has 0 bridgehead atoms. The molecule has 69 heavy (non-hydrogen) atoms. The van der Waals surface area contributed by atoms with Crippen LogP contribution in [0.1, 0.15) is 11.1 Å². The molecular formula is C60H48HfN2O4S2. The van der Waals surface area contributed by atoms with Gasteiger partial charge in [0.05, 0.1) is 54.3 Å². The van der Waals surface area contributed by atoms with E-state index >= 15 is 0 Å². The maximum Gasteiger partial charge on any atom is 0.263 e. The Kier molecular flexibility index (Phi) is 14.4. The minimum absolute atomic E-state index is 0. The molecule has 4 N–H and O–H groups in total. The zero-order valence-corrected chi connectivity index (χ0v) is 42.8. The molecule has 0 aliphatic heterocycles. The van der Waals surface area contributed by atoms with Gasteiger partial charge < -0.3 is 28.8 Å². The summed E-state index contributed by atoms with van der Waals surface area (Å²) >= 11 is 3.04. The van der Waals surface area contributed by atoms with Gasteiger partial charge in [-0.3, -0.25) is 0 Å². The molecule has 0 saturated carbocycles. The first-order valence-electron chi connectivity index (χ1n) is 22.3. The molecule has 338 valence electrons.